The molecule has 0 saturated carbocycles. The Bertz CT molecular complexity index is 705. The Labute approximate surface area is 122 Å². The molecule has 0 aromatic carbocycles. The predicted molar refractivity (Wildman–Crippen MR) is 82.0 cm³/mol. The van der Waals surface area contributed by atoms with Crippen LogP contribution in [0.15, 0.2) is 36.2 Å². The Hall–Kier alpha value is -1.88. The molecule has 0 atom stereocenters. The molecule has 0 unspecified atom stereocenters. The normalized spacial score (nSPS) is 11.4. The van der Waals surface area contributed by atoms with Gasteiger partial charge < -0.3 is 4.57 Å². The zero-order valence-corrected chi connectivity index (χ0v) is 12.8. The van der Waals surface area contributed by atoms with E-state index in [0.29, 0.717) is 6.04 Å². The fourth-order valence-corrected chi connectivity index (χ4v) is 3.12. The van der Waals surface area contributed by atoms with Gasteiger partial charge in [-0.05, 0) is 37.8 Å². The maximum atomic E-state index is 4.50. The van der Waals surface area contributed by atoms with Crippen molar-refractivity contribution in [3.8, 4) is 10.7 Å². The molecule has 20 heavy (non-hydrogen) atoms. The first kappa shape index (κ1) is 13.1. The summed E-state index contributed by atoms with van der Waals surface area (Å²) < 4.78 is 4.17. The number of rotatable bonds is 4. The summed E-state index contributed by atoms with van der Waals surface area (Å²) >= 11 is 1.74. The Morgan fingerprint density at radius 2 is 2.20 bits per heavy atom. The lowest BCUT2D eigenvalue weighted by Crippen LogP contribution is -2.02. The second-order valence-electron chi connectivity index (χ2n) is 5.23. The summed E-state index contributed by atoms with van der Waals surface area (Å²) in [6, 6.07) is 2.53. The molecule has 5 heteroatoms. The van der Waals surface area contributed by atoms with Crippen LogP contribution in [0.3, 0.4) is 0 Å². The third-order valence-electron chi connectivity index (χ3n) is 3.32. The lowest BCUT2D eigenvalue weighted by Gasteiger charge is -2.06. The number of aromatic nitrogens is 4. The number of thiophene rings is 1. The van der Waals surface area contributed by atoms with Crippen molar-refractivity contribution in [1.29, 1.82) is 0 Å². The largest absolute Gasteiger partial charge is 0.326 e. The quantitative estimate of drug-likeness (QED) is 0.732. The maximum absolute atomic E-state index is 4.50. The molecule has 0 radical (unpaired) electrons. The van der Waals surface area contributed by atoms with Gasteiger partial charge in [-0.15, -0.1) is 11.3 Å². The number of aryl methyl sites for hydroxylation is 1. The second kappa shape index (κ2) is 5.25. The van der Waals surface area contributed by atoms with Crippen LogP contribution < -0.4 is 0 Å². The molecule has 0 fully saturated rings. The fraction of sp³-hybridized carbons (Fsp3) is 0.333. The minimum absolute atomic E-state index is 0.394. The van der Waals surface area contributed by atoms with Crippen molar-refractivity contribution in [2.45, 2.75) is 33.4 Å². The van der Waals surface area contributed by atoms with Crippen LogP contribution in [0, 0.1) is 6.92 Å². The molecule has 0 spiro atoms. The van der Waals surface area contributed by atoms with Crippen molar-refractivity contribution in [3.63, 3.8) is 0 Å². The average molecular weight is 286 g/mol. The van der Waals surface area contributed by atoms with Gasteiger partial charge in [0.05, 0.1) is 17.6 Å². The Kier molecular flexibility index (Phi) is 3.44. The SMILES string of the molecule is Cc1ccsc1-c1nccn1Cc1cnn(C(C)C)c1. The van der Waals surface area contributed by atoms with Gasteiger partial charge >= 0.3 is 0 Å². The summed E-state index contributed by atoms with van der Waals surface area (Å²) in [7, 11) is 0. The van der Waals surface area contributed by atoms with Crippen molar-refractivity contribution in [2.24, 2.45) is 0 Å². The summed E-state index contributed by atoms with van der Waals surface area (Å²) in [4.78, 5) is 5.75. The van der Waals surface area contributed by atoms with E-state index >= 15 is 0 Å². The van der Waals surface area contributed by atoms with E-state index in [4.69, 9.17) is 0 Å². The van der Waals surface area contributed by atoms with Crippen LogP contribution in [0.25, 0.3) is 10.7 Å². The maximum Gasteiger partial charge on any atom is 0.150 e. The predicted octanol–water partition coefficient (Wildman–Crippen LogP) is 3.75. The average Bonchev–Trinajstić information content (AvgIpc) is 3.10. The monoisotopic (exact) mass is 286 g/mol. The molecule has 3 aromatic rings. The van der Waals surface area contributed by atoms with Gasteiger partial charge in [0.2, 0.25) is 0 Å². The summed E-state index contributed by atoms with van der Waals surface area (Å²) in [5, 5.41) is 6.50. The van der Waals surface area contributed by atoms with Crippen molar-refractivity contribution in [2.75, 3.05) is 0 Å². The van der Waals surface area contributed by atoms with Crippen LogP contribution in [0.1, 0.15) is 31.0 Å². The Morgan fingerprint density at radius 3 is 2.85 bits per heavy atom. The van der Waals surface area contributed by atoms with Crippen LogP contribution in [0.2, 0.25) is 0 Å². The number of hydrogen-bond donors (Lipinski definition) is 0. The Morgan fingerprint density at radius 1 is 1.35 bits per heavy atom. The molecular weight excluding hydrogens is 268 g/mol. The highest BCUT2D eigenvalue weighted by molar-refractivity contribution is 7.13. The van der Waals surface area contributed by atoms with Gasteiger partial charge in [0.1, 0.15) is 0 Å². The molecular formula is C15H18N4S. The van der Waals surface area contributed by atoms with E-state index in [2.05, 4.69) is 53.1 Å². The van der Waals surface area contributed by atoms with E-state index in [0.717, 1.165) is 12.4 Å². The summed E-state index contributed by atoms with van der Waals surface area (Å²) in [5.41, 5.74) is 2.48. The van der Waals surface area contributed by atoms with Crippen LogP contribution in [0.4, 0.5) is 0 Å². The smallest absolute Gasteiger partial charge is 0.150 e. The van der Waals surface area contributed by atoms with E-state index in [-0.39, 0.29) is 0 Å². The Balaban J connectivity index is 1.88. The summed E-state index contributed by atoms with van der Waals surface area (Å²) in [6.07, 6.45) is 7.93. The topological polar surface area (TPSA) is 35.6 Å². The molecule has 0 N–H and O–H groups in total. The van der Waals surface area contributed by atoms with Gasteiger partial charge in [0.15, 0.2) is 5.82 Å². The molecule has 0 bridgehead atoms. The van der Waals surface area contributed by atoms with Crippen LogP contribution in [-0.4, -0.2) is 19.3 Å². The second-order valence-corrected chi connectivity index (χ2v) is 6.15. The van der Waals surface area contributed by atoms with E-state index in [1.807, 2.05) is 23.3 Å². The summed E-state index contributed by atoms with van der Waals surface area (Å²) in [6.45, 7) is 7.20. The first-order chi connectivity index (χ1) is 9.65. The first-order valence-corrected chi connectivity index (χ1v) is 7.61. The zero-order chi connectivity index (χ0) is 14.1. The van der Waals surface area contributed by atoms with Crippen LogP contribution in [0.5, 0.6) is 0 Å². The third-order valence-corrected chi connectivity index (χ3v) is 4.33. The minimum atomic E-state index is 0.394. The molecule has 4 nitrogen and oxygen atoms in total. The highest BCUT2D eigenvalue weighted by Gasteiger charge is 2.11. The molecule has 0 aliphatic carbocycles. The van der Waals surface area contributed by atoms with E-state index < -0.39 is 0 Å². The molecule has 0 saturated heterocycles. The lowest BCUT2D eigenvalue weighted by atomic mass is 10.2. The van der Waals surface area contributed by atoms with Gasteiger partial charge in [0, 0.05) is 30.2 Å². The molecule has 104 valence electrons. The van der Waals surface area contributed by atoms with Gasteiger partial charge in [-0.1, -0.05) is 0 Å². The van der Waals surface area contributed by atoms with Gasteiger partial charge in [-0.3, -0.25) is 4.68 Å². The molecule has 3 heterocycles. The van der Waals surface area contributed by atoms with E-state index in [1.54, 1.807) is 11.3 Å². The minimum Gasteiger partial charge on any atom is -0.326 e. The van der Waals surface area contributed by atoms with Crippen LogP contribution >= 0.6 is 11.3 Å². The fourth-order valence-electron chi connectivity index (χ4n) is 2.19. The molecule has 0 aliphatic rings. The van der Waals surface area contributed by atoms with E-state index in [9.17, 15) is 0 Å². The number of nitrogens with zero attached hydrogens (tertiary/aromatic N) is 4. The standard InChI is InChI=1S/C15H18N4S/c1-11(2)19-10-13(8-17-19)9-18-6-5-16-15(18)14-12(3)4-7-20-14/h4-8,10-11H,9H2,1-3H3. The highest BCUT2D eigenvalue weighted by Crippen LogP contribution is 2.28. The molecule has 0 amide bonds. The highest BCUT2D eigenvalue weighted by atomic mass is 32.1. The number of hydrogen-bond acceptors (Lipinski definition) is 3. The summed E-state index contributed by atoms with van der Waals surface area (Å²) in [5.74, 6) is 1.04. The molecule has 3 aromatic heterocycles. The van der Waals surface area contributed by atoms with Gasteiger partial charge in [-0.25, -0.2) is 4.98 Å². The van der Waals surface area contributed by atoms with Crippen molar-refractivity contribution >= 4 is 11.3 Å². The van der Waals surface area contributed by atoms with Crippen LogP contribution in [-0.2, 0) is 6.54 Å². The molecule has 0 aliphatic heterocycles. The number of imidazole rings is 1. The van der Waals surface area contributed by atoms with Crippen molar-refractivity contribution in [1.82, 2.24) is 19.3 Å². The van der Waals surface area contributed by atoms with Gasteiger partial charge in [0.25, 0.3) is 0 Å². The lowest BCUT2D eigenvalue weighted by molar-refractivity contribution is 0.532. The van der Waals surface area contributed by atoms with E-state index in [1.165, 1.54) is 16.0 Å². The van der Waals surface area contributed by atoms with Crippen molar-refractivity contribution in [3.05, 3.63) is 47.4 Å². The first-order valence-electron chi connectivity index (χ1n) is 6.74. The third kappa shape index (κ3) is 2.41. The molecule has 3 rings (SSSR count). The van der Waals surface area contributed by atoms with Crippen molar-refractivity contribution < 1.29 is 0 Å². The zero-order valence-electron chi connectivity index (χ0n) is 11.9. The van der Waals surface area contributed by atoms with Gasteiger partial charge in [-0.2, -0.15) is 5.10 Å².